The first-order valence-corrected chi connectivity index (χ1v) is 8.97. The highest BCUT2D eigenvalue weighted by Crippen LogP contribution is 2.57. The summed E-state index contributed by atoms with van der Waals surface area (Å²) < 4.78 is 5.89. The maximum Gasteiger partial charge on any atom is 0.241 e. The number of rotatable bonds is 3. The van der Waals surface area contributed by atoms with E-state index < -0.39 is 5.54 Å². The minimum atomic E-state index is -0.879. The van der Waals surface area contributed by atoms with E-state index in [-0.39, 0.29) is 48.2 Å². The average molecular weight is 412 g/mol. The second-order valence-electron chi connectivity index (χ2n) is 7.81. The number of hydrogen-bond acceptors (Lipinski definition) is 4. The Morgan fingerprint density at radius 2 is 2.04 bits per heavy atom. The highest BCUT2D eigenvalue weighted by molar-refractivity contribution is 5.90. The molecule has 3 atom stereocenters. The molecule has 0 spiro atoms. The molecule has 1 amide bonds. The van der Waals surface area contributed by atoms with Crippen LogP contribution >= 0.6 is 24.8 Å². The highest BCUT2D eigenvalue weighted by atomic mass is 35.5. The summed E-state index contributed by atoms with van der Waals surface area (Å²) in [5.41, 5.74) is 7.33. The van der Waals surface area contributed by atoms with Crippen molar-refractivity contribution >= 4 is 41.6 Å². The Morgan fingerprint density at radius 1 is 1.30 bits per heavy atom. The van der Waals surface area contributed by atoms with Gasteiger partial charge in [-0.05, 0) is 24.5 Å². The topological polar surface area (TPSA) is 77.2 Å². The van der Waals surface area contributed by atoms with Gasteiger partial charge in [0, 0.05) is 36.1 Å². The van der Waals surface area contributed by atoms with Crippen LogP contribution in [0.2, 0.25) is 0 Å². The fraction of sp³-hybridized carbons (Fsp3) is 0.500. The van der Waals surface area contributed by atoms with E-state index in [9.17, 15) is 4.79 Å². The normalized spacial score (nSPS) is 28.1. The number of nitrogens with zero attached hydrogens (tertiary/aromatic N) is 1. The maximum atomic E-state index is 13.0. The van der Waals surface area contributed by atoms with E-state index in [1.807, 2.05) is 44.2 Å². The Bertz CT molecular complexity index is 824. The van der Waals surface area contributed by atoms with Crippen molar-refractivity contribution < 1.29 is 9.53 Å². The summed E-state index contributed by atoms with van der Waals surface area (Å²) in [6, 6.07) is 9.95. The predicted octanol–water partition coefficient (Wildman–Crippen LogP) is 3.23. The van der Waals surface area contributed by atoms with Crippen LogP contribution in [0, 0.1) is 11.3 Å². The number of aromatic nitrogens is 1. The van der Waals surface area contributed by atoms with Gasteiger partial charge >= 0.3 is 0 Å². The third kappa shape index (κ3) is 3.21. The predicted molar refractivity (Wildman–Crippen MR) is 111 cm³/mol. The number of ether oxygens (including phenoxy) is 1. The zero-order valence-electron chi connectivity index (χ0n) is 15.6. The van der Waals surface area contributed by atoms with Gasteiger partial charge in [-0.15, -0.1) is 24.8 Å². The molecule has 2 fully saturated rings. The largest absolute Gasteiger partial charge is 0.377 e. The summed E-state index contributed by atoms with van der Waals surface area (Å²) >= 11 is 0. The van der Waals surface area contributed by atoms with Crippen molar-refractivity contribution in [2.24, 2.45) is 17.1 Å². The molecule has 3 N–H and O–H groups in total. The lowest BCUT2D eigenvalue weighted by Crippen LogP contribution is -2.82. The molecule has 27 heavy (non-hydrogen) atoms. The Labute approximate surface area is 172 Å². The number of carbonyl (C=O) groups excluding carboxylic acids is 1. The number of halogens is 2. The molecule has 0 radical (unpaired) electrons. The van der Waals surface area contributed by atoms with Crippen molar-refractivity contribution in [2.45, 2.75) is 44.9 Å². The molecule has 148 valence electrons. The van der Waals surface area contributed by atoms with Gasteiger partial charge in [0.15, 0.2) is 0 Å². The fourth-order valence-corrected chi connectivity index (χ4v) is 4.67. The van der Waals surface area contributed by atoms with Crippen LogP contribution in [-0.2, 0) is 16.1 Å². The molecule has 2 aromatic rings. The van der Waals surface area contributed by atoms with E-state index in [4.69, 9.17) is 10.5 Å². The van der Waals surface area contributed by atoms with Crippen molar-refractivity contribution in [1.82, 2.24) is 10.3 Å². The summed E-state index contributed by atoms with van der Waals surface area (Å²) in [5, 5.41) is 4.13. The van der Waals surface area contributed by atoms with Gasteiger partial charge in [-0.1, -0.05) is 38.1 Å². The fourth-order valence-electron chi connectivity index (χ4n) is 4.67. The monoisotopic (exact) mass is 411 g/mol. The van der Waals surface area contributed by atoms with E-state index in [0.29, 0.717) is 6.54 Å². The first-order valence-electron chi connectivity index (χ1n) is 8.97. The van der Waals surface area contributed by atoms with E-state index >= 15 is 0 Å². The summed E-state index contributed by atoms with van der Waals surface area (Å²) in [6.45, 7) is 5.28. The molecule has 1 saturated heterocycles. The third-order valence-electron chi connectivity index (χ3n) is 6.22. The van der Waals surface area contributed by atoms with Crippen LogP contribution in [0.1, 0.15) is 32.3 Å². The van der Waals surface area contributed by atoms with Crippen molar-refractivity contribution in [2.75, 3.05) is 6.61 Å². The van der Waals surface area contributed by atoms with Gasteiger partial charge in [0.25, 0.3) is 0 Å². The lowest BCUT2D eigenvalue weighted by atomic mass is 9.46. The van der Waals surface area contributed by atoms with E-state index in [2.05, 4.69) is 10.3 Å². The molecule has 1 aliphatic carbocycles. The quantitative estimate of drug-likeness (QED) is 0.812. The molecule has 4 rings (SSSR count). The van der Waals surface area contributed by atoms with Gasteiger partial charge in [-0.2, -0.15) is 0 Å². The lowest BCUT2D eigenvalue weighted by molar-refractivity contribution is -0.225. The lowest BCUT2D eigenvalue weighted by Gasteiger charge is -2.65. The van der Waals surface area contributed by atoms with E-state index in [1.54, 1.807) is 6.20 Å². The Kier molecular flexibility index (Phi) is 6.42. The minimum Gasteiger partial charge on any atom is -0.377 e. The van der Waals surface area contributed by atoms with Gasteiger partial charge in [-0.3, -0.25) is 9.78 Å². The number of nitrogens with one attached hydrogen (secondary N) is 1. The van der Waals surface area contributed by atoms with Crippen LogP contribution in [0.3, 0.4) is 0 Å². The second-order valence-corrected chi connectivity index (χ2v) is 7.81. The standard InChI is InChI=1S/C20H25N3O2.2ClH/c1-19(2)17-15(9-5-11-25-17)20(19,21)18(24)23-12-14-7-3-6-13-8-4-10-22-16(13)14;;/h3-4,6-8,10,15,17H,5,9,11-12,21H2,1-2H3,(H,23,24);2*1H. The van der Waals surface area contributed by atoms with Crippen molar-refractivity contribution in [3.8, 4) is 0 Å². The number of nitrogens with two attached hydrogens (primary N) is 1. The number of para-hydroxylation sites is 1. The molecule has 5 nitrogen and oxygen atoms in total. The van der Waals surface area contributed by atoms with E-state index in [1.165, 1.54) is 0 Å². The van der Waals surface area contributed by atoms with Gasteiger partial charge in [-0.25, -0.2) is 0 Å². The zero-order chi connectivity index (χ0) is 17.7. The Balaban J connectivity index is 0.00000131. The van der Waals surface area contributed by atoms with E-state index in [0.717, 1.165) is 35.9 Å². The SMILES string of the molecule is CC1(C)C2OCCCC2C1(N)C(=O)NCc1cccc2cccnc12.Cl.Cl. The highest BCUT2D eigenvalue weighted by Gasteiger charge is 2.70. The minimum absolute atomic E-state index is 0. The molecule has 1 aromatic carbocycles. The zero-order valence-corrected chi connectivity index (χ0v) is 17.2. The smallest absolute Gasteiger partial charge is 0.241 e. The van der Waals surface area contributed by atoms with Crippen molar-refractivity contribution in [1.29, 1.82) is 0 Å². The molecule has 0 bridgehead atoms. The summed E-state index contributed by atoms with van der Waals surface area (Å²) in [5.74, 6) is 0.0130. The van der Waals surface area contributed by atoms with Gasteiger partial charge in [0.2, 0.25) is 5.91 Å². The number of amides is 1. The Morgan fingerprint density at radius 3 is 2.81 bits per heavy atom. The summed E-state index contributed by atoms with van der Waals surface area (Å²) in [6.07, 6.45) is 3.78. The van der Waals surface area contributed by atoms with Crippen LogP contribution in [0.25, 0.3) is 10.9 Å². The molecular formula is C20H27Cl2N3O2. The maximum absolute atomic E-state index is 13.0. The molecule has 1 saturated carbocycles. The van der Waals surface area contributed by atoms with Crippen LogP contribution in [-0.4, -0.2) is 29.1 Å². The van der Waals surface area contributed by atoms with Gasteiger partial charge in [0.1, 0.15) is 5.54 Å². The molecule has 2 aliphatic rings. The summed E-state index contributed by atoms with van der Waals surface area (Å²) in [4.78, 5) is 17.5. The van der Waals surface area contributed by atoms with Gasteiger partial charge < -0.3 is 15.8 Å². The molecule has 2 heterocycles. The average Bonchev–Trinajstić information content (AvgIpc) is 2.65. The van der Waals surface area contributed by atoms with Crippen LogP contribution in [0.15, 0.2) is 36.5 Å². The van der Waals surface area contributed by atoms with Crippen LogP contribution < -0.4 is 11.1 Å². The first-order chi connectivity index (χ1) is 12.0. The molecule has 1 aliphatic heterocycles. The van der Waals surface area contributed by atoms with Gasteiger partial charge in [0.05, 0.1) is 11.6 Å². The number of fused-ring (bicyclic) bond motifs is 2. The molecule has 1 aromatic heterocycles. The summed E-state index contributed by atoms with van der Waals surface area (Å²) in [7, 11) is 0. The van der Waals surface area contributed by atoms with Crippen LogP contribution in [0.4, 0.5) is 0 Å². The number of benzene rings is 1. The van der Waals surface area contributed by atoms with Crippen LogP contribution in [0.5, 0.6) is 0 Å². The number of hydrogen-bond donors (Lipinski definition) is 2. The molecule has 3 unspecified atom stereocenters. The molecular weight excluding hydrogens is 385 g/mol. The Hall–Kier alpha value is -1.40. The van der Waals surface area contributed by atoms with Crippen molar-refractivity contribution in [3.63, 3.8) is 0 Å². The number of pyridine rings is 1. The number of carbonyl (C=O) groups is 1. The molecule has 7 heteroatoms. The second kappa shape index (κ2) is 7.92. The van der Waals surface area contributed by atoms with Crippen molar-refractivity contribution in [3.05, 3.63) is 42.1 Å². The first kappa shape index (κ1) is 21.9. The third-order valence-corrected chi connectivity index (χ3v) is 6.22.